The molecule has 2 nitrogen and oxygen atoms in total. The molecular formula is C17H26N2. The van der Waals surface area contributed by atoms with Crippen LogP contribution in [0.25, 0.3) is 0 Å². The molecule has 2 heteroatoms. The van der Waals surface area contributed by atoms with Gasteiger partial charge in [-0.15, -0.1) is 0 Å². The Morgan fingerprint density at radius 2 is 1.84 bits per heavy atom. The topological polar surface area (TPSA) is 29.3 Å². The molecule has 2 fully saturated rings. The molecule has 1 aliphatic heterocycles. The number of nitrogens with two attached hydrogens (primary N) is 1. The maximum Gasteiger partial charge on any atom is 0.0171 e. The van der Waals surface area contributed by atoms with Gasteiger partial charge in [-0.25, -0.2) is 0 Å². The third-order valence-electron chi connectivity index (χ3n) is 4.75. The van der Waals surface area contributed by atoms with E-state index in [1.165, 1.54) is 50.8 Å². The van der Waals surface area contributed by atoms with E-state index in [1.54, 1.807) is 0 Å². The zero-order valence-electron chi connectivity index (χ0n) is 11.8. The molecule has 0 amide bonds. The van der Waals surface area contributed by atoms with Crippen LogP contribution in [0.5, 0.6) is 0 Å². The molecule has 1 saturated carbocycles. The van der Waals surface area contributed by atoms with Crippen LogP contribution >= 0.6 is 0 Å². The molecule has 2 N–H and O–H groups in total. The van der Waals surface area contributed by atoms with Crippen LogP contribution < -0.4 is 5.73 Å². The van der Waals surface area contributed by atoms with Gasteiger partial charge < -0.3 is 10.6 Å². The molecule has 2 unspecified atom stereocenters. The van der Waals surface area contributed by atoms with Gasteiger partial charge in [0.25, 0.3) is 0 Å². The molecule has 2 aliphatic rings. The van der Waals surface area contributed by atoms with Crippen LogP contribution in [-0.4, -0.2) is 30.6 Å². The van der Waals surface area contributed by atoms with Crippen LogP contribution in [0.3, 0.4) is 0 Å². The van der Waals surface area contributed by atoms with Crippen molar-refractivity contribution in [2.45, 2.75) is 38.1 Å². The predicted molar refractivity (Wildman–Crippen MR) is 80.0 cm³/mol. The highest BCUT2D eigenvalue weighted by Crippen LogP contribution is 2.29. The van der Waals surface area contributed by atoms with Gasteiger partial charge in [0.05, 0.1) is 0 Å². The molecule has 1 saturated heterocycles. The molecule has 1 aliphatic carbocycles. The fourth-order valence-electron chi connectivity index (χ4n) is 3.63. The number of hydrogen-bond acceptors (Lipinski definition) is 2. The molecule has 1 heterocycles. The minimum atomic E-state index is 0.377. The van der Waals surface area contributed by atoms with E-state index in [9.17, 15) is 0 Å². The lowest BCUT2D eigenvalue weighted by Crippen LogP contribution is -2.49. The third-order valence-corrected chi connectivity index (χ3v) is 4.75. The summed E-state index contributed by atoms with van der Waals surface area (Å²) in [7, 11) is 0. The number of nitrogens with zero attached hydrogens (tertiary/aromatic N) is 1. The summed E-state index contributed by atoms with van der Waals surface area (Å²) in [6, 6.07) is 11.3. The minimum Gasteiger partial charge on any atom is -0.327 e. The Balaban J connectivity index is 1.55. The fourth-order valence-corrected chi connectivity index (χ4v) is 3.63. The molecule has 0 bridgehead atoms. The van der Waals surface area contributed by atoms with Crippen LogP contribution in [-0.2, 0) is 6.42 Å². The van der Waals surface area contributed by atoms with Crippen LogP contribution in [0.2, 0.25) is 0 Å². The standard InChI is InChI=1S/C17H26N2/c18-17-10-16(9-14-5-2-1-3-6-14)12-19(13-17)11-15-7-4-8-15/h1-3,5-6,15-17H,4,7-13,18H2. The van der Waals surface area contributed by atoms with Crippen LogP contribution in [0.15, 0.2) is 30.3 Å². The lowest BCUT2D eigenvalue weighted by molar-refractivity contribution is 0.112. The molecule has 2 atom stereocenters. The van der Waals surface area contributed by atoms with E-state index in [1.807, 2.05) is 0 Å². The Kier molecular flexibility index (Phi) is 4.19. The number of rotatable bonds is 4. The first-order valence-electron chi connectivity index (χ1n) is 7.81. The van der Waals surface area contributed by atoms with Crippen LogP contribution in [0.1, 0.15) is 31.2 Å². The smallest absolute Gasteiger partial charge is 0.0171 e. The van der Waals surface area contributed by atoms with Crippen molar-refractivity contribution < 1.29 is 0 Å². The van der Waals surface area contributed by atoms with Gasteiger partial charge in [0, 0.05) is 25.7 Å². The van der Waals surface area contributed by atoms with E-state index >= 15 is 0 Å². The summed E-state index contributed by atoms with van der Waals surface area (Å²) < 4.78 is 0. The van der Waals surface area contributed by atoms with Crippen LogP contribution in [0, 0.1) is 11.8 Å². The molecular weight excluding hydrogens is 232 g/mol. The van der Waals surface area contributed by atoms with Gasteiger partial charge in [-0.05, 0) is 43.1 Å². The van der Waals surface area contributed by atoms with Gasteiger partial charge in [0.1, 0.15) is 0 Å². The molecule has 0 aromatic heterocycles. The Hall–Kier alpha value is -0.860. The van der Waals surface area contributed by atoms with E-state index in [0.29, 0.717) is 6.04 Å². The Morgan fingerprint density at radius 1 is 1.05 bits per heavy atom. The number of piperidine rings is 1. The zero-order valence-corrected chi connectivity index (χ0v) is 11.8. The fraction of sp³-hybridized carbons (Fsp3) is 0.647. The van der Waals surface area contributed by atoms with E-state index in [4.69, 9.17) is 5.73 Å². The highest BCUT2D eigenvalue weighted by atomic mass is 15.2. The van der Waals surface area contributed by atoms with Crippen molar-refractivity contribution in [3.05, 3.63) is 35.9 Å². The first-order chi connectivity index (χ1) is 9.29. The van der Waals surface area contributed by atoms with E-state index in [-0.39, 0.29) is 0 Å². The summed E-state index contributed by atoms with van der Waals surface area (Å²) in [5.41, 5.74) is 7.73. The first kappa shape index (κ1) is 13.1. The normalized spacial score (nSPS) is 29.1. The Bertz CT molecular complexity index is 386. The van der Waals surface area contributed by atoms with Gasteiger partial charge in [-0.2, -0.15) is 0 Å². The van der Waals surface area contributed by atoms with Crippen molar-refractivity contribution in [2.24, 2.45) is 17.6 Å². The van der Waals surface area contributed by atoms with Crippen LogP contribution in [0.4, 0.5) is 0 Å². The lowest BCUT2D eigenvalue weighted by Gasteiger charge is -2.40. The molecule has 0 spiro atoms. The largest absolute Gasteiger partial charge is 0.327 e. The van der Waals surface area contributed by atoms with Crippen molar-refractivity contribution in [1.29, 1.82) is 0 Å². The summed E-state index contributed by atoms with van der Waals surface area (Å²) in [6.07, 6.45) is 6.70. The highest BCUT2D eigenvalue weighted by molar-refractivity contribution is 5.15. The maximum atomic E-state index is 6.26. The molecule has 1 aromatic rings. The average Bonchev–Trinajstić information content (AvgIpc) is 2.34. The summed E-state index contributed by atoms with van der Waals surface area (Å²) in [5, 5.41) is 0. The Labute approximate surface area is 117 Å². The lowest BCUT2D eigenvalue weighted by atomic mass is 9.83. The summed E-state index contributed by atoms with van der Waals surface area (Å²) in [4.78, 5) is 2.63. The predicted octanol–water partition coefficient (Wildman–Crippen LogP) is 2.68. The number of benzene rings is 1. The number of likely N-dealkylation sites (tertiary alicyclic amines) is 1. The van der Waals surface area contributed by atoms with Gasteiger partial charge in [0.15, 0.2) is 0 Å². The van der Waals surface area contributed by atoms with E-state index < -0.39 is 0 Å². The second-order valence-corrected chi connectivity index (χ2v) is 6.57. The molecule has 3 rings (SSSR count). The maximum absolute atomic E-state index is 6.26. The second-order valence-electron chi connectivity index (χ2n) is 6.57. The Morgan fingerprint density at radius 3 is 2.53 bits per heavy atom. The van der Waals surface area contributed by atoms with Gasteiger partial charge in [-0.1, -0.05) is 36.8 Å². The van der Waals surface area contributed by atoms with Crippen molar-refractivity contribution in [3.63, 3.8) is 0 Å². The average molecular weight is 258 g/mol. The zero-order chi connectivity index (χ0) is 13.1. The molecule has 19 heavy (non-hydrogen) atoms. The van der Waals surface area contributed by atoms with E-state index in [0.717, 1.165) is 18.4 Å². The van der Waals surface area contributed by atoms with Crippen molar-refractivity contribution in [1.82, 2.24) is 4.90 Å². The summed E-state index contributed by atoms with van der Waals surface area (Å²) in [6.45, 7) is 3.65. The molecule has 104 valence electrons. The summed E-state index contributed by atoms with van der Waals surface area (Å²) in [5.74, 6) is 1.70. The van der Waals surface area contributed by atoms with Crippen molar-refractivity contribution in [2.75, 3.05) is 19.6 Å². The molecule has 1 aromatic carbocycles. The minimum absolute atomic E-state index is 0.377. The number of hydrogen-bond donors (Lipinski definition) is 1. The van der Waals surface area contributed by atoms with Gasteiger partial charge in [0.2, 0.25) is 0 Å². The SMILES string of the molecule is NC1CC(Cc2ccccc2)CN(CC2CCC2)C1. The van der Waals surface area contributed by atoms with Crippen molar-refractivity contribution in [3.8, 4) is 0 Å². The second kappa shape index (κ2) is 6.06. The van der Waals surface area contributed by atoms with Crippen molar-refractivity contribution >= 4 is 0 Å². The third kappa shape index (κ3) is 3.58. The monoisotopic (exact) mass is 258 g/mol. The summed E-state index contributed by atoms with van der Waals surface area (Å²) >= 11 is 0. The first-order valence-corrected chi connectivity index (χ1v) is 7.81. The van der Waals surface area contributed by atoms with E-state index in [2.05, 4.69) is 35.2 Å². The quantitative estimate of drug-likeness (QED) is 0.899. The highest BCUT2D eigenvalue weighted by Gasteiger charge is 2.28. The van der Waals surface area contributed by atoms with Gasteiger partial charge in [-0.3, -0.25) is 0 Å². The molecule has 0 radical (unpaired) electrons. The van der Waals surface area contributed by atoms with Gasteiger partial charge >= 0.3 is 0 Å².